The summed E-state index contributed by atoms with van der Waals surface area (Å²) in [5, 5.41) is 0. The maximum absolute atomic E-state index is 11.5. The molecular weight excluding hydrogens is 184 g/mol. The third kappa shape index (κ3) is 1.60. The minimum atomic E-state index is -0.145. The van der Waals surface area contributed by atoms with E-state index in [1.165, 1.54) is 11.1 Å². The molecule has 1 nitrogen and oxygen atoms in total. The zero-order valence-electron chi connectivity index (χ0n) is 9.71. The second-order valence-corrected chi connectivity index (χ2v) is 5.00. The highest BCUT2D eigenvalue weighted by Crippen LogP contribution is 2.49. The molecule has 0 aromatic heterocycles. The molecule has 0 N–H and O–H groups in total. The van der Waals surface area contributed by atoms with Gasteiger partial charge >= 0.3 is 0 Å². The molecule has 2 rings (SSSR count). The fraction of sp³-hybridized carbons (Fsp3) is 0.500. The van der Waals surface area contributed by atoms with Gasteiger partial charge in [0.1, 0.15) is 5.78 Å². The van der Waals surface area contributed by atoms with Gasteiger partial charge in [0.05, 0.1) is 0 Å². The molecule has 1 atom stereocenters. The van der Waals surface area contributed by atoms with Gasteiger partial charge in [-0.2, -0.15) is 0 Å². The van der Waals surface area contributed by atoms with Gasteiger partial charge in [0, 0.05) is 17.8 Å². The first-order valence-electron chi connectivity index (χ1n) is 5.68. The normalized spacial score (nSPS) is 23.7. The van der Waals surface area contributed by atoms with E-state index >= 15 is 0 Å². The number of aryl methyl sites for hydroxylation is 1. The van der Waals surface area contributed by atoms with Crippen molar-refractivity contribution in [2.75, 3.05) is 0 Å². The van der Waals surface area contributed by atoms with E-state index in [-0.39, 0.29) is 5.41 Å². The molecule has 80 valence electrons. The summed E-state index contributed by atoms with van der Waals surface area (Å²) in [6, 6.07) is 8.71. The molecular formula is C14H18O. The Morgan fingerprint density at radius 2 is 1.87 bits per heavy atom. The van der Waals surface area contributed by atoms with Crippen molar-refractivity contribution in [3.63, 3.8) is 0 Å². The summed E-state index contributed by atoms with van der Waals surface area (Å²) in [5.41, 5.74) is 2.53. The van der Waals surface area contributed by atoms with E-state index in [0.29, 0.717) is 11.7 Å². The van der Waals surface area contributed by atoms with E-state index in [2.05, 4.69) is 45.0 Å². The molecule has 1 aromatic carbocycles. The Morgan fingerprint density at radius 3 is 2.27 bits per heavy atom. The number of hydrogen-bond acceptors (Lipinski definition) is 1. The molecule has 1 aliphatic rings. The lowest BCUT2D eigenvalue weighted by atomic mass is 9.59. The van der Waals surface area contributed by atoms with Crippen molar-refractivity contribution in [3.8, 4) is 0 Å². The number of hydrogen-bond donors (Lipinski definition) is 0. The average molecular weight is 202 g/mol. The van der Waals surface area contributed by atoms with Crippen molar-refractivity contribution in [2.45, 2.75) is 39.5 Å². The Hall–Kier alpha value is -1.11. The Bertz CT molecular complexity index is 373. The van der Waals surface area contributed by atoms with E-state index in [4.69, 9.17) is 0 Å². The third-order valence-electron chi connectivity index (χ3n) is 3.77. The maximum Gasteiger partial charge on any atom is 0.139 e. The zero-order valence-corrected chi connectivity index (χ0v) is 9.71. The van der Waals surface area contributed by atoms with Gasteiger partial charge in [-0.3, -0.25) is 4.79 Å². The van der Waals surface area contributed by atoms with Gasteiger partial charge in [0.2, 0.25) is 0 Å². The largest absolute Gasteiger partial charge is 0.299 e. The number of benzene rings is 1. The Balaban J connectivity index is 2.21. The highest BCUT2D eigenvalue weighted by atomic mass is 16.1. The molecule has 15 heavy (non-hydrogen) atoms. The summed E-state index contributed by atoms with van der Waals surface area (Å²) < 4.78 is 0. The Kier molecular flexibility index (Phi) is 2.41. The van der Waals surface area contributed by atoms with Gasteiger partial charge in [-0.25, -0.2) is 0 Å². The number of carbonyl (C=O) groups excluding carboxylic acids is 1. The van der Waals surface area contributed by atoms with Gasteiger partial charge in [-0.15, -0.1) is 0 Å². The monoisotopic (exact) mass is 202 g/mol. The van der Waals surface area contributed by atoms with Crippen molar-refractivity contribution in [2.24, 2.45) is 5.41 Å². The van der Waals surface area contributed by atoms with Crippen LogP contribution in [0.25, 0.3) is 0 Å². The first-order chi connectivity index (χ1) is 7.05. The minimum Gasteiger partial charge on any atom is -0.299 e. The summed E-state index contributed by atoms with van der Waals surface area (Å²) >= 11 is 0. The first-order valence-corrected chi connectivity index (χ1v) is 5.68. The smallest absolute Gasteiger partial charge is 0.139 e. The fourth-order valence-corrected chi connectivity index (χ4v) is 2.29. The summed E-state index contributed by atoms with van der Waals surface area (Å²) in [4.78, 5) is 11.5. The van der Waals surface area contributed by atoms with Crippen molar-refractivity contribution in [3.05, 3.63) is 35.4 Å². The van der Waals surface area contributed by atoms with Crippen LogP contribution in [0.2, 0.25) is 0 Å². The topological polar surface area (TPSA) is 17.1 Å². The van der Waals surface area contributed by atoms with Crippen LogP contribution in [0.5, 0.6) is 0 Å². The van der Waals surface area contributed by atoms with E-state index < -0.39 is 0 Å². The molecule has 1 fully saturated rings. The van der Waals surface area contributed by atoms with Gasteiger partial charge < -0.3 is 0 Å². The lowest BCUT2D eigenvalue weighted by Crippen LogP contribution is -2.43. The van der Waals surface area contributed by atoms with Gasteiger partial charge in [0.25, 0.3) is 0 Å². The highest BCUT2D eigenvalue weighted by molar-refractivity contribution is 5.92. The van der Waals surface area contributed by atoms with Crippen molar-refractivity contribution >= 4 is 5.78 Å². The number of Topliss-reactive ketones (excluding diaryl/α,β-unsaturated/α-hetero) is 1. The fourth-order valence-electron chi connectivity index (χ4n) is 2.29. The number of carbonyl (C=O) groups is 1. The van der Waals surface area contributed by atoms with E-state index in [0.717, 1.165) is 12.8 Å². The maximum atomic E-state index is 11.5. The van der Waals surface area contributed by atoms with Gasteiger partial charge in [0.15, 0.2) is 0 Å². The molecule has 0 spiro atoms. The lowest BCUT2D eigenvalue weighted by Gasteiger charge is -2.42. The lowest BCUT2D eigenvalue weighted by molar-refractivity contribution is -0.137. The predicted octanol–water partition coefficient (Wildman–Crippen LogP) is 3.33. The molecule has 1 saturated carbocycles. The van der Waals surface area contributed by atoms with Crippen molar-refractivity contribution in [1.29, 1.82) is 0 Å². The van der Waals surface area contributed by atoms with Crippen LogP contribution >= 0.6 is 0 Å². The van der Waals surface area contributed by atoms with Crippen molar-refractivity contribution in [1.82, 2.24) is 0 Å². The summed E-state index contributed by atoms with van der Waals surface area (Å²) in [7, 11) is 0. The predicted molar refractivity (Wildman–Crippen MR) is 62.0 cm³/mol. The molecule has 1 aromatic rings. The Morgan fingerprint density at radius 1 is 1.27 bits per heavy atom. The van der Waals surface area contributed by atoms with Crippen LogP contribution in [0.3, 0.4) is 0 Å². The Labute approximate surface area is 91.5 Å². The van der Waals surface area contributed by atoms with Crippen LogP contribution in [0, 0.1) is 5.41 Å². The van der Waals surface area contributed by atoms with E-state index in [9.17, 15) is 4.79 Å². The van der Waals surface area contributed by atoms with Crippen LogP contribution in [-0.2, 0) is 11.2 Å². The summed E-state index contributed by atoms with van der Waals surface area (Å²) in [6.45, 7) is 6.26. The molecule has 0 bridgehead atoms. The second kappa shape index (κ2) is 3.48. The minimum absolute atomic E-state index is 0.145. The van der Waals surface area contributed by atoms with Gasteiger partial charge in [-0.05, 0) is 17.5 Å². The molecule has 0 aliphatic heterocycles. The van der Waals surface area contributed by atoms with Crippen LogP contribution in [0.15, 0.2) is 24.3 Å². The molecule has 0 amide bonds. The SMILES string of the molecule is CCc1ccc(C2CC(=O)C2(C)C)cc1. The van der Waals surface area contributed by atoms with Crippen LogP contribution in [-0.4, -0.2) is 5.78 Å². The molecule has 0 heterocycles. The molecule has 1 unspecified atom stereocenters. The van der Waals surface area contributed by atoms with E-state index in [1.54, 1.807) is 0 Å². The summed E-state index contributed by atoms with van der Waals surface area (Å²) in [6.07, 6.45) is 1.80. The molecule has 1 aliphatic carbocycles. The standard InChI is InChI=1S/C14H18O/c1-4-10-5-7-11(8-6-10)12-9-13(15)14(12,2)3/h5-8,12H,4,9H2,1-3H3. The number of rotatable bonds is 2. The molecule has 0 radical (unpaired) electrons. The van der Waals surface area contributed by atoms with Crippen molar-refractivity contribution < 1.29 is 4.79 Å². The van der Waals surface area contributed by atoms with Gasteiger partial charge in [-0.1, -0.05) is 45.0 Å². The zero-order chi connectivity index (χ0) is 11.1. The van der Waals surface area contributed by atoms with Crippen LogP contribution in [0.4, 0.5) is 0 Å². The first kappa shape index (κ1) is 10.4. The van der Waals surface area contributed by atoms with Crippen LogP contribution < -0.4 is 0 Å². The summed E-state index contributed by atoms with van der Waals surface area (Å²) in [5.74, 6) is 0.822. The molecule has 1 heteroatoms. The third-order valence-corrected chi connectivity index (χ3v) is 3.77. The second-order valence-electron chi connectivity index (χ2n) is 5.00. The quantitative estimate of drug-likeness (QED) is 0.719. The van der Waals surface area contributed by atoms with E-state index in [1.807, 2.05) is 0 Å². The highest BCUT2D eigenvalue weighted by Gasteiger charge is 2.47. The molecule has 0 saturated heterocycles. The number of ketones is 1. The average Bonchev–Trinajstić information content (AvgIpc) is 2.26. The van der Waals surface area contributed by atoms with Crippen LogP contribution in [0.1, 0.15) is 44.2 Å².